The molecule has 0 saturated carbocycles. The van der Waals surface area contributed by atoms with Gasteiger partial charge in [-0.15, -0.1) is 0 Å². The van der Waals surface area contributed by atoms with E-state index in [1.54, 1.807) is 0 Å². The van der Waals surface area contributed by atoms with Crippen LogP contribution in [0, 0.1) is 0 Å². The Bertz CT molecular complexity index is 3920. The molecular weight excluding hydrogens is 805 g/mol. The number of ether oxygens (including phenoxy) is 2. The molecule has 0 N–H and O–H groups in total. The van der Waals surface area contributed by atoms with Gasteiger partial charge in [0, 0.05) is 67.0 Å². The molecule has 0 saturated heterocycles. The van der Waals surface area contributed by atoms with Gasteiger partial charge < -0.3 is 23.2 Å². The highest BCUT2D eigenvalue weighted by Crippen LogP contribution is 2.43. The van der Waals surface area contributed by atoms with Gasteiger partial charge in [0.1, 0.15) is 23.0 Å². The third-order valence-electron chi connectivity index (χ3n) is 14.1. The number of nitrogens with zero attached hydrogens (tertiary/aromatic N) is 3. The number of hydrogen-bond acceptors (Lipinski definition) is 2. The summed E-state index contributed by atoms with van der Waals surface area (Å²) in [7, 11) is 0. The maximum Gasteiger partial charge on any atom is 0.260 e. The van der Waals surface area contributed by atoms with Crippen LogP contribution in [0.4, 0.5) is 0 Å². The van der Waals surface area contributed by atoms with Gasteiger partial charge in [0.15, 0.2) is 0 Å². The Kier molecular flexibility index (Phi) is 7.24. The van der Waals surface area contributed by atoms with Crippen molar-refractivity contribution >= 4 is 88.5 Å². The van der Waals surface area contributed by atoms with Crippen LogP contribution in [0.25, 0.3) is 93.6 Å². The minimum Gasteiger partial charge on any atom is -0.458 e. The van der Waals surface area contributed by atoms with Crippen molar-refractivity contribution in [1.29, 1.82) is 0 Å². The van der Waals surface area contributed by atoms with Gasteiger partial charge in [0.05, 0.1) is 33.1 Å². The summed E-state index contributed by atoms with van der Waals surface area (Å²) in [5.74, 6) is 3.32. The number of aromatic nitrogens is 3. The fourth-order valence-corrected chi connectivity index (χ4v) is 11.3. The minimum atomic E-state index is -0.138. The second kappa shape index (κ2) is 13.4. The van der Waals surface area contributed by atoms with Crippen LogP contribution in [0.5, 0.6) is 23.0 Å². The van der Waals surface area contributed by atoms with Gasteiger partial charge in [-0.2, -0.15) is 0 Å². The van der Waals surface area contributed by atoms with Gasteiger partial charge in [0.2, 0.25) is 0 Å². The van der Waals surface area contributed by atoms with Crippen LogP contribution in [0.15, 0.2) is 218 Å². The fraction of sp³-hybridized carbons (Fsp3) is 0. The van der Waals surface area contributed by atoms with E-state index < -0.39 is 0 Å². The van der Waals surface area contributed by atoms with Gasteiger partial charge >= 0.3 is 0 Å². The molecule has 0 fully saturated rings. The molecule has 0 atom stereocenters. The first kappa shape index (κ1) is 35.7. The molecule has 0 bridgehead atoms. The molecule has 13 aromatic rings. The van der Waals surface area contributed by atoms with Gasteiger partial charge in [-0.05, 0) is 94.8 Å². The normalized spacial score (nSPS) is 12.8. The first-order chi connectivity index (χ1) is 32.7. The molecule has 6 heteroatoms. The monoisotopic (exact) mass is 841 g/mol. The van der Waals surface area contributed by atoms with Crippen LogP contribution in [0.2, 0.25) is 0 Å². The Morgan fingerprint density at radius 1 is 0.273 bits per heavy atom. The van der Waals surface area contributed by atoms with Crippen LogP contribution < -0.4 is 25.9 Å². The van der Waals surface area contributed by atoms with E-state index in [1.807, 2.05) is 0 Å². The van der Waals surface area contributed by atoms with Gasteiger partial charge in [0.25, 0.3) is 6.71 Å². The van der Waals surface area contributed by atoms with Crippen LogP contribution in [0.1, 0.15) is 0 Å². The Labute approximate surface area is 379 Å². The molecule has 0 amide bonds. The molecule has 15 rings (SSSR count). The second-order valence-electron chi connectivity index (χ2n) is 17.6. The molecule has 2 aliphatic rings. The minimum absolute atomic E-state index is 0.138. The summed E-state index contributed by atoms with van der Waals surface area (Å²) in [4.78, 5) is 0. The lowest BCUT2D eigenvalue weighted by molar-refractivity contribution is 0.465. The molecule has 0 spiro atoms. The summed E-state index contributed by atoms with van der Waals surface area (Å²) in [5, 5.41) is 7.29. The van der Waals surface area contributed by atoms with E-state index in [4.69, 9.17) is 9.47 Å². The van der Waals surface area contributed by atoms with Gasteiger partial charge in [-0.1, -0.05) is 133 Å². The standard InChI is InChI=1S/C60H36BN3O2/c1-3-15-39(16-4-1)63-52-25-13-9-21-44(52)46-33-48-56(35-54(46)63)65-58-31-38(37-27-29-41(30-28-37)62-50-23-11-7-19-42(50)43-20-8-12-24-51(43)62)32-59-60(58)61(48)49-34-47-45-22-10-14-26-53(45)64(40-17-5-2-6-18-40)55(47)36-57(49)66-59/h1-36H. The second-order valence-corrected chi connectivity index (χ2v) is 17.6. The average Bonchev–Trinajstić information content (AvgIpc) is 4.00. The Hall–Kier alpha value is -8.74. The lowest BCUT2D eigenvalue weighted by Crippen LogP contribution is -2.57. The zero-order valence-electron chi connectivity index (χ0n) is 35.5. The van der Waals surface area contributed by atoms with E-state index in [1.165, 1.54) is 43.4 Å². The maximum absolute atomic E-state index is 7.19. The smallest absolute Gasteiger partial charge is 0.260 e. The Morgan fingerprint density at radius 3 is 1.08 bits per heavy atom. The summed E-state index contributed by atoms with van der Waals surface area (Å²) in [6.07, 6.45) is 0. The average molecular weight is 842 g/mol. The maximum atomic E-state index is 7.19. The van der Waals surface area contributed by atoms with E-state index in [0.717, 1.165) is 89.6 Å². The van der Waals surface area contributed by atoms with E-state index in [2.05, 4.69) is 232 Å². The highest BCUT2D eigenvalue weighted by Gasteiger charge is 2.42. The predicted molar refractivity (Wildman–Crippen MR) is 273 cm³/mol. The summed E-state index contributed by atoms with van der Waals surface area (Å²) in [6.45, 7) is -0.138. The molecule has 5 nitrogen and oxygen atoms in total. The van der Waals surface area contributed by atoms with Crippen molar-refractivity contribution < 1.29 is 9.47 Å². The predicted octanol–water partition coefficient (Wildman–Crippen LogP) is 13.4. The summed E-state index contributed by atoms with van der Waals surface area (Å²) in [6, 6.07) is 78.7. The van der Waals surface area contributed by atoms with Gasteiger partial charge in [-0.3, -0.25) is 0 Å². The van der Waals surface area contributed by atoms with Crippen molar-refractivity contribution in [2.75, 3.05) is 0 Å². The third-order valence-corrected chi connectivity index (χ3v) is 14.1. The highest BCUT2D eigenvalue weighted by atomic mass is 16.5. The number of para-hydroxylation sites is 6. The number of fused-ring (bicyclic) bond motifs is 13. The quantitative estimate of drug-likeness (QED) is 0.165. The largest absolute Gasteiger partial charge is 0.458 e. The molecule has 5 heterocycles. The zero-order chi connectivity index (χ0) is 43.0. The fourth-order valence-electron chi connectivity index (χ4n) is 11.3. The highest BCUT2D eigenvalue weighted by molar-refractivity contribution is 6.98. The van der Waals surface area contributed by atoms with E-state index >= 15 is 0 Å². The van der Waals surface area contributed by atoms with Crippen molar-refractivity contribution in [2.45, 2.75) is 0 Å². The Balaban J connectivity index is 0.960. The topological polar surface area (TPSA) is 33.2 Å². The molecule has 0 aliphatic carbocycles. The van der Waals surface area contributed by atoms with E-state index in [0.29, 0.717) is 0 Å². The molecule has 3 aromatic heterocycles. The van der Waals surface area contributed by atoms with Crippen molar-refractivity contribution in [3.8, 4) is 51.2 Å². The summed E-state index contributed by atoms with van der Waals surface area (Å²) < 4.78 is 21.5. The SMILES string of the molecule is c1ccc(-n2c3ccccc3c3cc4c(cc32)Oc2cc(-c3ccc(-n5c6ccccc6c6ccccc65)cc3)cc3c2B4c2cc4c5ccccc5n(-c5ccccc5)c4cc2O3)cc1. The lowest BCUT2D eigenvalue weighted by atomic mass is 9.34. The number of hydrogen-bond donors (Lipinski definition) is 0. The first-order valence-electron chi connectivity index (χ1n) is 22.6. The molecule has 10 aromatic carbocycles. The molecular formula is C60H36BN3O2. The summed E-state index contributed by atoms with van der Waals surface area (Å²) in [5.41, 5.74) is 15.7. The molecule has 306 valence electrons. The van der Waals surface area contributed by atoms with Crippen molar-refractivity contribution in [2.24, 2.45) is 0 Å². The third kappa shape index (κ3) is 4.95. The first-order valence-corrected chi connectivity index (χ1v) is 22.6. The lowest BCUT2D eigenvalue weighted by Gasteiger charge is -2.33. The zero-order valence-corrected chi connectivity index (χ0v) is 35.5. The van der Waals surface area contributed by atoms with Crippen LogP contribution in [0.3, 0.4) is 0 Å². The van der Waals surface area contributed by atoms with E-state index in [9.17, 15) is 0 Å². The molecule has 2 aliphatic heterocycles. The molecule has 0 radical (unpaired) electrons. The number of rotatable bonds is 4. The van der Waals surface area contributed by atoms with Crippen LogP contribution in [-0.4, -0.2) is 20.4 Å². The van der Waals surface area contributed by atoms with Crippen LogP contribution in [-0.2, 0) is 0 Å². The van der Waals surface area contributed by atoms with Gasteiger partial charge in [-0.25, -0.2) is 0 Å². The summed E-state index contributed by atoms with van der Waals surface area (Å²) >= 11 is 0. The van der Waals surface area contributed by atoms with Crippen molar-refractivity contribution in [1.82, 2.24) is 13.7 Å². The van der Waals surface area contributed by atoms with Crippen molar-refractivity contribution in [3.63, 3.8) is 0 Å². The molecule has 66 heavy (non-hydrogen) atoms. The molecule has 0 unspecified atom stereocenters. The number of benzene rings is 10. The van der Waals surface area contributed by atoms with Crippen LogP contribution >= 0.6 is 0 Å². The van der Waals surface area contributed by atoms with Crippen molar-refractivity contribution in [3.05, 3.63) is 218 Å². The Morgan fingerprint density at radius 2 is 0.636 bits per heavy atom. The van der Waals surface area contributed by atoms with E-state index in [-0.39, 0.29) is 6.71 Å².